The highest BCUT2D eigenvalue weighted by molar-refractivity contribution is 5.66. The first-order valence-electron chi connectivity index (χ1n) is 7.33. The van der Waals surface area contributed by atoms with Crippen molar-refractivity contribution < 1.29 is 9.13 Å². The van der Waals surface area contributed by atoms with E-state index in [1.54, 1.807) is 12.3 Å². The lowest BCUT2D eigenvalue weighted by atomic mass is 10.1. The molecule has 0 amide bonds. The van der Waals surface area contributed by atoms with Crippen molar-refractivity contribution in [3.63, 3.8) is 0 Å². The third-order valence-electron chi connectivity index (χ3n) is 3.71. The van der Waals surface area contributed by atoms with Gasteiger partial charge in [-0.3, -0.25) is 0 Å². The fourth-order valence-corrected chi connectivity index (χ4v) is 2.36. The van der Waals surface area contributed by atoms with E-state index in [1.165, 1.54) is 6.07 Å². The minimum Gasteiger partial charge on any atom is -0.485 e. The Kier molecular flexibility index (Phi) is 4.24. The van der Waals surface area contributed by atoms with Gasteiger partial charge >= 0.3 is 0 Å². The number of aromatic nitrogens is 1. The first-order valence-corrected chi connectivity index (χ1v) is 7.33. The van der Waals surface area contributed by atoms with Gasteiger partial charge in [0.15, 0.2) is 11.6 Å². The molecule has 0 aliphatic carbocycles. The number of nitrogens with zero attached hydrogens (tertiary/aromatic N) is 1. The van der Waals surface area contributed by atoms with Crippen molar-refractivity contribution in [2.75, 3.05) is 5.73 Å². The van der Waals surface area contributed by atoms with Crippen LogP contribution < -0.4 is 10.5 Å². The second kappa shape index (κ2) is 6.48. The van der Waals surface area contributed by atoms with Crippen LogP contribution in [0.25, 0.3) is 11.1 Å². The van der Waals surface area contributed by atoms with Crippen LogP contribution in [0.4, 0.5) is 10.2 Å². The molecule has 0 spiro atoms. The normalized spacial score (nSPS) is 10.5. The van der Waals surface area contributed by atoms with E-state index in [-0.39, 0.29) is 12.4 Å². The lowest BCUT2D eigenvalue weighted by Gasteiger charge is -2.12. The summed E-state index contributed by atoms with van der Waals surface area (Å²) in [5.41, 5.74) is 9.17. The highest BCUT2D eigenvalue weighted by Crippen LogP contribution is 2.28. The molecule has 2 aromatic carbocycles. The van der Waals surface area contributed by atoms with Crippen LogP contribution in [-0.4, -0.2) is 4.98 Å². The summed E-state index contributed by atoms with van der Waals surface area (Å²) in [7, 11) is 0. The standard InChI is InChI=1S/C19H17FN2O/c1-13-6-5-9-17(20)16(13)12-23-18-10-15(11-22-19(18)21)14-7-3-2-4-8-14/h2-11H,12H2,1H3,(H2,21,22). The summed E-state index contributed by atoms with van der Waals surface area (Å²) < 4.78 is 19.6. The van der Waals surface area contributed by atoms with E-state index in [4.69, 9.17) is 10.5 Å². The molecule has 116 valence electrons. The highest BCUT2D eigenvalue weighted by Gasteiger charge is 2.09. The average molecular weight is 308 g/mol. The van der Waals surface area contributed by atoms with Crippen molar-refractivity contribution in [2.24, 2.45) is 0 Å². The number of pyridine rings is 1. The monoisotopic (exact) mass is 308 g/mol. The Balaban J connectivity index is 1.86. The van der Waals surface area contributed by atoms with E-state index >= 15 is 0 Å². The molecule has 0 bridgehead atoms. The predicted octanol–water partition coefficient (Wildman–Crippen LogP) is 4.36. The Morgan fingerprint density at radius 2 is 1.83 bits per heavy atom. The zero-order valence-electron chi connectivity index (χ0n) is 12.8. The van der Waals surface area contributed by atoms with Gasteiger partial charge in [-0.25, -0.2) is 9.37 Å². The van der Waals surface area contributed by atoms with Crippen molar-refractivity contribution >= 4 is 5.82 Å². The number of anilines is 1. The number of ether oxygens (including phenoxy) is 1. The molecule has 0 atom stereocenters. The summed E-state index contributed by atoms with van der Waals surface area (Å²) in [5, 5.41) is 0. The summed E-state index contributed by atoms with van der Waals surface area (Å²) in [4.78, 5) is 4.17. The van der Waals surface area contributed by atoms with Crippen LogP contribution in [-0.2, 0) is 6.61 Å². The van der Waals surface area contributed by atoms with Gasteiger partial charge in [0.25, 0.3) is 0 Å². The topological polar surface area (TPSA) is 48.1 Å². The average Bonchev–Trinajstić information content (AvgIpc) is 2.57. The number of rotatable bonds is 4. The van der Waals surface area contributed by atoms with E-state index in [0.717, 1.165) is 16.7 Å². The Morgan fingerprint density at radius 1 is 1.04 bits per heavy atom. The van der Waals surface area contributed by atoms with Crippen LogP contribution in [0.15, 0.2) is 60.8 Å². The molecular formula is C19H17FN2O. The quantitative estimate of drug-likeness (QED) is 0.779. The van der Waals surface area contributed by atoms with Crippen LogP contribution in [0.1, 0.15) is 11.1 Å². The number of nitrogen functional groups attached to an aromatic ring is 1. The summed E-state index contributed by atoms with van der Waals surface area (Å²) >= 11 is 0. The van der Waals surface area contributed by atoms with Gasteiger partial charge in [0.05, 0.1) is 0 Å². The third-order valence-corrected chi connectivity index (χ3v) is 3.71. The maximum Gasteiger partial charge on any atom is 0.166 e. The van der Waals surface area contributed by atoms with Crippen molar-refractivity contribution in [2.45, 2.75) is 13.5 Å². The van der Waals surface area contributed by atoms with Gasteiger partial charge in [-0.15, -0.1) is 0 Å². The van der Waals surface area contributed by atoms with Gasteiger partial charge in [-0.1, -0.05) is 42.5 Å². The van der Waals surface area contributed by atoms with E-state index in [9.17, 15) is 4.39 Å². The summed E-state index contributed by atoms with van der Waals surface area (Å²) in [6.07, 6.45) is 1.70. The number of aryl methyl sites for hydroxylation is 1. The van der Waals surface area contributed by atoms with Crippen LogP contribution in [0.5, 0.6) is 5.75 Å². The number of benzene rings is 2. The number of halogens is 1. The molecule has 2 N–H and O–H groups in total. The summed E-state index contributed by atoms with van der Waals surface area (Å²) in [5.74, 6) is 0.462. The number of nitrogens with two attached hydrogens (primary N) is 1. The first kappa shape index (κ1) is 15.0. The Bertz CT molecular complexity index is 799. The minimum absolute atomic E-state index is 0.114. The van der Waals surface area contributed by atoms with Gasteiger partial charge in [0.2, 0.25) is 0 Å². The zero-order valence-corrected chi connectivity index (χ0v) is 12.8. The largest absolute Gasteiger partial charge is 0.485 e. The molecule has 3 nitrogen and oxygen atoms in total. The smallest absolute Gasteiger partial charge is 0.166 e. The molecule has 0 unspecified atom stereocenters. The molecule has 0 aliphatic heterocycles. The van der Waals surface area contributed by atoms with Gasteiger partial charge in [-0.2, -0.15) is 0 Å². The molecule has 1 aromatic heterocycles. The molecule has 0 saturated heterocycles. The molecule has 3 aromatic rings. The molecule has 23 heavy (non-hydrogen) atoms. The van der Waals surface area contributed by atoms with Crippen molar-refractivity contribution in [3.05, 3.63) is 77.7 Å². The highest BCUT2D eigenvalue weighted by atomic mass is 19.1. The molecule has 0 saturated carbocycles. The minimum atomic E-state index is -0.282. The van der Waals surface area contributed by atoms with Crippen LogP contribution in [0.2, 0.25) is 0 Å². The molecular weight excluding hydrogens is 291 g/mol. The van der Waals surface area contributed by atoms with Crippen molar-refractivity contribution in [3.8, 4) is 16.9 Å². The van der Waals surface area contributed by atoms with E-state index in [1.807, 2.05) is 49.4 Å². The Hall–Kier alpha value is -2.88. The van der Waals surface area contributed by atoms with Crippen LogP contribution in [0.3, 0.4) is 0 Å². The van der Waals surface area contributed by atoms with Gasteiger partial charge < -0.3 is 10.5 Å². The van der Waals surface area contributed by atoms with E-state index in [2.05, 4.69) is 4.98 Å². The molecule has 3 rings (SSSR count). The molecule has 0 radical (unpaired) electrons. The second-order valence-electron chi connectivity index (χ2n) is 5.30. The Labute approximate surface area is 134 Å². The molecule has 4 heteroatoms. The van der Waals surface area contributed by atoms with E-state index in [0.29, 0.717) is 17.1 Å². The first-order chi connectivity index (χ1) is 11.1. The van der Waals surface area contributed by atoms with Crippen LogP contribution in [0, 0.1) is 12.7 Å². The zero-order chi connectivity index (χ0) is 16.2. The molecule has 0 fully saturated rings. The molecule has 1 heterocycles. The number of hydrogen-bond donors (Lipinski definition) is 1. The second-order valence-corrected chi connectivity index (χ2v) is 5.30. The van der Waals surface area contributed by atoms with Gasteiger partial charge in [-0.05, 0) is 30.2 Å². The summed E-state index contributed by atoms with van der Waals surface area (Å²) in [6.45, 7) is 1.96. The predicted molar refractivity (Wildman–Crippen MR) is 89.6 cm³/mol. The van der Waals surface area contributed by atoms with E-state index < -0.39 is 0 Å². The SMILES string of the molecule is Cc1cccc(F)c1COc1cc(-c2ccccc2)cnc1N. The fraction of sp³-hybridized carbons (Fsp3) is 0.105. The van der Waals surface area contributed by atoms with Gasteiger partial charge in [0, 0.05) is 17.3 Å². The van der Waals surface area contributed by atoms with Crippen LogP contribution >= 0.6 is 0 Å². The summed E-state index contributed by atoms with van der Waals surface area (Å²) in [6, 6.07) is 16.6. The maximum absolute atomic E-state index is 13.9. The number of hydrogen-bond acceptors (Lipinski definition) is 3. The van der Waals surface area contributed by atoms with Crippen molar-refractivity contribution in [1.29, 1.82) is 0 Å². The third kappa shape index (κ3) is 3.31. The lowest BCUT2D eigenvalue weighted by Crippen LogP contribution is -2.04. The maximum atomic E-state index is 13.9. The lowest BCUT2D eigenvalue weighted by molar-refractivity contribution is 0.300. The fourth-order valence-electron chi connectivity index (χ4n) is 2.36. The van der Waals surface area contributed by atoms with Crippen molar-refractivity contribution in [1.82, 2.24) is 4.98 Å². The van der Waals surface area contributed by atoms with Gasteiger partial charge in [0.1, 0.15) is 12.4 Å². The molecule has 0 aliphatic rings. The Morgan fingerprint density at radius 3 is 2.57 bits per heavy atom.